The maximum Gasteiger partial charge on any atom is 0.237 e. The number of rotatable bonds is 8. The summed E-state index contributed by atoms with van der Waals surface area (Å²) in [5.74, 6) is 0.742. The summed E-state index contributed by atoms with van der Waals surface area (Å²) in [6.45, 7) is 1.90. The quantitative estimate of drug-likeness (QED) is 0.396. The Morgan fingerprint density at radius 2 is 2.00 bits per heavy atom. The first kappa shape index (κ1) is 21.1. The van der Waals surface area contributed by atoms with E-state index in [1.54, 1.807) is 29.9 Å². The zero-order valence-electron chi connectivity index (χ0n) is 15.9. The van der Waals surface area contributed by atoms with Gasteiger partial charge in [-0.2, -0.15) is 0 Å². The van der Waals surface area contributed by atoms with Gasteiger partial charge in [-0.05, 0) is 47.1 Å². The van der Waals surface area contributed by atoms with E-state index >= 15 is 0 Å². The molecule has 0 aliphatic rings. The second kappa shape index (κ2) is 9.23. The number of aryl methyl sites for hydroxylation is 1. The molecule has 7 nitrogen and oxygen atoms in total. The number of ketones is 1. The molecule has 1 amide bonds. The molecular weight excluding hydrogens is 456 g/mol. The van der Waals surface area contributed by atoms with E-state index in [0.717, 1.165) is 11.1 Å². The zero-order valence-corrected chi connectivity index (χ0v) is 18.3. The molecule has 0 atom stereocenters. The minimum atomic E-state index is -0.508. The molecule has 1 aromatic heterocycles. The molecule has 0 saturated carbocycles. The third-order valence-electron chi connectivity index (χ3n) is 4.11. The summed E-state index contributed by atoms with van der Waals surface area (Å²) in [6, 6.07) is 12.9. The van der Waals surface area contributed by atoms with Gasteiger partial charge < -0.3 is 10.5 Å². The topological polar surface area (TPSA) is 100 Å². The highest BCUT2D eigenvalue weighted by Crippen LogP contribution is 2.28. The average Bonchev–Trinajstić information content (AvgIpc) is 3.07. The molecule has 1 heterocycles. The molecule has 3 rings (SSSR count). The monoisotopic (exact) mass is 474 g/mol. The summed E-state index contributed by atoms with van der Waals surface area (Å²) < 4.78 is 7.53. The summed E-state index contributed by atoms with van der Waals surface area (Å²) >= 11 is 4.60. The summed E-state index contributed by atoms with van der Waals surface area (Å²) in [5.41, 5.74) is 7.85. The molecule has 0 aliphatic heterocycles. The van der Waals surface area contributed by atoms with Crippen LogP contribution in [0.15, 0.2) is 52.1 Å². The fourth-order valence-corrected chi connectivity index (χ4v) is 4.12. The number of Topliss-reactive ketones (excluding diaryl/α,β-unsaturated/α-hetero) is 1. The number of nitrogens with zero attached hydrogens (tertiary/aromatic N) is 3. The Balaban J connectivity index is 1.82. The summed E-state index contributed by atoms with van der Waals surface area (Å²) in [7, 11) is 1.56. The third-order valence-corrected chi connectivity index (χ3v) is 5.70. The maximum atomic E-state index is 12.6. The number of aromatic nitrogens is 3. The molecule has 0 saturated heterocycles. The molecule has 150 valence electrons. The lowest BCUT2D eigenvalue weighted by Gasteiger charge is -2.09. The van der Waals surface area contributed by atoms with E-state index in [2.05, 4.69) is 26.1 Å². The number of halogens is 1. The van der Waals surface area contributed by atoms with Crippen molar-refractivity contribution in [1.82, 2.24) is 14.8 Å². The highest BCUT2D eigenvalue weighted by atomic mass is 79.9. The van der Waals surface area contributed by atoms with E-state index in [1.165, 1.54) is 11.8 Å². The van der Waals surface area contributed by atoms with E-state index < -0.39 is 5.91 Å². The number of primary amides is 1. The number of methoxy groups -OCH3 is 1. The number of carbonyl (C=O) groups is 2. The van der Waals surface area contributed by atoms with Gasteiger partial charge in [-0.25, -0.2) is 0 Å². The molecule has 0 fully saturated rings. The van der Waals surface area contributed by atoms with Crippen molar-refractivity contribution in [1.29, 1.82) is 0 Å². The zero-order chi connectivity index (χ0) is 21.0. The van der Waals surface area contributed by atoms with E-state index in [-0.39, 0.29) is 18.1 Å². The second-order valence-electron chi connectivity index (χ2n) is 6.29. The fraction of sp³-hybridized carbons (Fsp3) is 0.200. The van der Waals surface area contributed by atoms with Crippen molar-refractivity contribution in [3.05, 3.63) is 58.1 Å². The minimum Gasteiger partial charge on any atom is -0.496 e. The van der Waals surface area contributed by atoms with Gasteiger partial charge in [-0.3, -0.25) is 14.2 Å². The van der Waals surface area contributed by atoms with Crippen molar-refractivity contribution in [2.24, 2.45) is 5.73 Å². The smallest absolute Gasteiger partial charge is 0.237 e. The van der Waals surface area contributed by atoms with Gasteiger partial charge in [0.25, 0.3) is 0 Å². The van der Waals surface area contributed by atoms with Crippen LogP contribution in [-0.2, 0) is 11.3 Å². The summed E-state index contributed by atoms with van der Waals surface area (Å²) in [4.78, 5) is 24.2. The van der Waals surface area contributed by atoms with E-state index in [0.29, 0.717) is 26.8 Å². The highest BCUT2D eigenvalue weighted by Gasteiger charge is 2.18. The second-order valence-corrected chi connectivity index (χ2v) is 8.09. The molecule has 0 aliphatic carbocycles. The summed E-state index contributed by atoms with van der Waals surface area (Å²) in [6.07, 6.45) is 0. The van der Waals surface area contributed by atoms with Crippen molar-refractivity contribution in [3.63, 3.8) is 0 Å². The molecule has 0 bridgehead atoms. The van der Waals surface area contributed by atoms with Crippen molar-refractivity contribution >= 4 is 39.4 Å². The Labute approximate surface area is 180 Å². The van der Waals surface area contributed by atoms with Crippen molar-refractivity contribution in [2.75, 3.05) is 12.9 Å². The first-order valence-electron chi connectivity index (χ1n) is 8.67. The number of thioether (sulfide) groups is 1. The Hall–Kier alpha value is -2.65. The van der Waals surface area contributed by atoms with Crippen LogP contribution in [0.4, 0.5) is 0 Å². The van der Waals surface area contributed by atoms with Crippen LogP contribution in [0.2, 0.25) is 0 Å². The predicted molar refractivity (Wildman–Crippen MR) is 115 cm³/mol. The third kappa shape index (κ3) is 5.04. The van der Waals surface area contributed by atoms with Gasteiger partial charge in [-0.15, -0.1) is 10.2 Å². The fourth-order valence-electron chi connectivity index (χ4n) is 2.74. The van der Waals surface area contributed by atoms with Crippen molar-refractivity contribution in [3.8, 4) is 17.1 Å². The van der Waals surface area contributed by atoms with Gasteiger partial charge in [0.1, 0.15) is 12.3 Å². The normalized spacial score (nSPS) is 10.7. The van der Waals surface area contributed by atoms with Crippen LogP contribution in [-0.4, -0.2) is 39.3 Å². The van der Waals surface area contributed by atoms with Gasteiger partial charge in [0.2, 0.25) is 5.91 Å². The van der Waals surface area contributed by atoms with E-state index in [9.17, 15) is 9.59 Å². The van der Waals surface area contributed by atoms with Crippen molar-refractivity contribution in [2.45, 2.75) is 18.6 Å². The maximum absolute atomic E-state index is 12.6. The first-order valence-corrected chi connectivity index (χ1v) is 10.4. The lowest BCUT2D eigenvalue weighted by Crippen LogP contribution is -2.20. The number of hydrogen-bond acceptors (Lipinski definition) is 6. The number of amides is 1. The molecule has 2 aromatic carbocycles. The first-order chi connectivity index (χ1) is 13.9. The molecule has 0 radical (unpaired) electrons. The summed E-state index contributed by atoms with van der Waals surface area (Å²) in [5, 5.41) is 8.85. The molecule has 9 heteroatoms. The van der Waals surface area contributed by atoms with E-state index in [4.69, 9.17) is 10.5 Å². The SMILES string of the molecule is COc1ccc(C(=O)CSc2nnc(-c3cccc(C)c3)n2CC(N)=O)cc1Br. The van der Waals surface area contributed by atoms with Crippen LogP contribution >= 0.6 is 27.7 Å². The molecule has 29 heavy (non-hydrogen) atoms. The highest BCUT2D eigenvalue weighted by molar-refractivity contribution is 9.10. The van der Waals surface area contributed by atoms with Gasteiger partial charge in [0, 0.05) is 11.1 Å². The number of hydrogen-bond donors (Lipinski definition) is 1. The molecular formula is C20H19BrN4O3S. The lowest BCUT2D eigenvalue weighted by atomic mass is 10.1. The predicted octanol–water partition coefficient (Wildman–Crippen LogP) is 3.48. The Kier molecular flexibility index (Phi) is 6.71. The standard InChI is InChI=1S/C20H19BrN4O3S/c1-12-4-3-5-14(8-12)19-23-24-20(25(19)10-18(22)27)29-11-16(26)13-6-7-17(28-2)15(21)9-13/h3-9H,10-11H2,1-2H3,(H2,22,27). The molecule has 2 N–H and O–H groups in total. The lowest BCUT2D eigenvalue weighted by molar-refractivity contribution is -0.118. The van der Waals surface area contributed by atoms with Gasteiger partial charge in [0.05, 0.1) is 17.3 Å². The van der Waals surface area contributed by atoms with Crippen LogP contribution < -0.4 is 10.5 Å². The Bertz CT molecular complexity index is 1070. The van der Waals surface area contributed by atoms with E-state index in [1.807, 2.05) is 31.2 Å². The number of nitrogens with two attached hydrogens (primary N) is 1. The number of benzene rings is 2. The minimum absolute atomic E-state index is 0.0686. The Morgan fingerprint density at radius 3 is 2.66 bits per heavy atom. The van der Waals surface area contributed by atoms with Crippen molar-refractivity contribution < 1.29 is 14.3 Å². The average molecular weight is 475 g/mol. The molecule has 0 unspecified atom stereocenters. The van der Waals surface area contributed by atoms with Gasteiger partial charge in [0.15, 0.2) is 16.8 Å². The van der Waals surface area contributed by atoms with Crippen LogP contribution in [0.5, 0.6) is 5.75 Å². The number of carbonyl (C=O) groups excluding carboxylic acids is 2. The molecule has 0 spiro atoms. The molecule has 3 aromatic rings. The van der Waals surface area contributed by atoms with Gasteiger partial charge in [-0.1, -0.05) is 35.5 Å². The van der Waals surface area contributed by atoms with Crippen LogP contribution in [0.25, 0.3) is 11.4 Å². The van der Waals surface area contributed by atoms with Crippen LogP contribution in [0.1, 0.15) is 15.9 Å². The Morgan fingerprint density at radius 1 is 1.21 bits per heavy atom. The number of ether oxygens (including phenoxy) is 1. The van der Waals surface area contributed by atoms with Crippen LogP contribution in [0.3, 0.4) is 0 Å². The van der Waals surface area contributed by atoms with Gasteiger partial charge >= 0.3 is 0 Å². The largest absolute Gasteiger partial charge is 0.496 e. The van der Waals surface area contributed by atoms with Crippen LogP contribution in [0, 0.1) is 6.92 Å².